The molecule has 3 nitrogen and oxygen atoms in total. The third-order valence-electron chi connectivity index (χ3n) is 3.80. The number of carbonyl (C=O) groups is 1. The molecule has 0 aromatic heterocycles. The normalized spacial score (nSPS) is 39.0. The molecule has 0 aromatic carbocycles. The van der Waals surface area contributed by atoms with Crippen molar-refractivity contribution in [3.05, 3.63) is 0 Å². The Morgan fingerprint density at radius 2 is 2.23 bits per heavy atom. The zero-order valence-corrected chi connectivity index (χ0v) is 8.12. The number of urea groups is 1. The van der Waals surface area contributed by atoms with Crippen LogP contribution in [0.1, 0.15) is 32.6 Å². The molecule has 2 bridgehead atoms. The average Bonchev–Trinajstić information content (AvgIpc) is 2.62. The van der Waals surface area contributed by atoms with E-state index in [-0.39, 0.29) is 12.1 Å². The standard InChI is InChI=1S/C10H18N2O/c1-6(12-10(11)13)9-5-7-2-3-8(9)4-7/h6-9H,2-5H2,1H3,(H3,11,12,13)/t6-,7-,8-,9+/m1/s1. The van der Waals surface area contributed by atoms with Crippen LogP contribution < -0.4 is 11.1 Å². The fourth-order valence-electron chi connectivity index (χ4n) is 3.24. The second kappa shape index (κ2) is 3.20. The van der Waals surface area contributed by atoms with Crippen LogP contribution in [0.25, 0.3) is 0 Å². The van der Waals surface area contributed by atoms with E-state index in [0.29, 0.717) is 5.92 Å². The SMILES string of the molecule is C[C@@H](NC(N)=O)[C@@H]1C[C@@H]2CC[C@@H]1C2. The van der Waals surface area contributed by atoms with Gasteiger partial charge in [-0.05, 0) is 43.9 Å². The summed E-state index contributed by atoms with van der Waals surface area (Å²) in [7, 11) is 0. The summed E-state index contributed by atoms with van der Waals surface area (Å²) < 4.78 is 0. The number of carbonyl (C=O) groups excluding carboxylic acids is 1. The van der Waals surface area contributed by atoms with Gasteiger partial charge < -0.3 is 11.1 Å². The molecule has 0 heterocycles. The molecule has 0 radical (unpaired) electrons. The molecule has 2 rings (SSSR count). The lowest BCUT2D eigenvalue weighted by Crippen LogP contribution is -2.42. The van der Waals surface area contributed by atoms with Crippen LogP contribution in [0.5, 0.6) is 0 Å². The Bertz CT molecular complexity index is 217. The van der Waals surface area contributed by atoms with E-state index in [1.807, 2.05) is 0 Å². The van der Waals surface area contributed by atoms with Crippen LogP contribution in [-0.2, 0) is 0 Å². The lowest BCUT2D eigenvalue weighted by molar-refractivity contribution is 0.227. The first kappa shape index (κ1) is 8.85. The van der Waals surface area contributed by atoms with Crippen LogP contribution in [0.2, 0.25) is 0 Å². The van der Waals surface area contributed by atoms with Gasteiger partial charge in [-0.1, -0.05) is 6.42 Å². The zero-order chi connectivity index (χ0) is 9.42. The zero-order valence-electron chi connectivity index (χ0n) is 8.12. The van der Waals surface area contributed by atoms with E-state index in [1.165, 1.54) is 25.7 Å². The van der Waals surface area contributed by atoms with Crippen molar-refractivity contribution < 1.29 is 4.79 Å². The van der Waals surface area contributed by atoms with Gasteiger partial charge in [-0.3, -0.25) is 0 Å². The maximum Gasteiger partial charge on any atom is 0.312 e. The Morgan fingerprint density at radius 1 is 1.46 bits per heavy atom. The first-order valence-corrected chi connectivity index (χ1v) is 5.22. The number of fused-ring (bicyclic) bond motifs is 2. The summed E-state index contributed by atoms with van der Waals surface area (Å²) in [5.41, 5.74) is 5.11. The molecule has 13 heavy (non-hydrogen) atoms. The second-order valence-electron chi connectivity index (χ2n) is 4.64. The fraction of sp³-hybridized carbons (Fsp3) is 0.900. The summed E-state index contributed by atoms with van der Waals surface area (Å²) in [5, 5.41) is 2.81. The van der Waals surface area contributed by atoms with Gasteiger partial charge in [0.2, 0.25) is 0 Å². The number of primary amides is 1. The van der Waals surface area contributed by atoms with Crippen LogP contribution in [0.15, 0.2) is 0 Å². The van der Waals surface area contributed by atoms with Crippen LogP contribution in [0.3, 0.4) is 0 Å². The minimum atomic E-state index is -0.379. The van der Waals surface area contributed by atoms with Gasteiger partial charge in [0.05, 0.1) is 0 Å². The molecular weight excluding hydrogens is 164 g/mol. The summed E-state index contributed by atoms with van der Waals surface area (Å²) >= 11 is 0. The quantitative estimate of drug-likeness (QED) is 0.667. The van der Waals surface area contributed by atoms with E-state index >= 15 is 0 Å². The number of nitrogens with two attached hydrogens (primary N) is 1. The predicted molar refractivity (Wildman–Crippen MR) is 51.1 cm³/mol. The Morgan fingerprint density at radius 3 is 2.69 bits per heavy atom. The molecule has 3 N–H and O–H groups in total. The summed E-state index contributed by atoms with van der Waals surface area (Å²) in [6, 6.07) is -0.108. The molecule has 0 saturated heterocycles. The Balaban J connectivity index is 1.91. The van der Waals surface area contributed by atoms with E-state index in [4.69, 9.17) is 5.73 Å². The molecule has 0 aromatic rings. The van der Waals surface area contributed by atoms with E-state index in [9.17, 15) is 4.79 Å². The summed E-state index contributed by atoms with van der Waals surface area (Å²) in [4.78, 5) is 10.7. The van der Waals surface area contributed by atoms with Crippen molar-refractivity contribution in [3.63, 3.8) is 0 Å². The molecule has 2 aliphatic carbocycles. The molecule has 2 saturated carbocycles. The van der Waals surface area contributed by atoms with Crippen molar-refractivity contribution in [2.75, 3.05) is 0 Å². The molecule has 74 valence electrons. The molecular formula is C10H18N2O. The summed E-state index contributed by atoms with van der Waals surface area (Å²) in [6.07, 6.45) is 5.45. The predicted octanol–water partition coefficient (Wildman–Crippen LogP) is 1.48. The minimum absolute atomic E-state index is 0.271. The van der Waals surface area contributed by atoms with Gasteiger partial charge in [0.25, 0.3) is 0 Å². The third-order valence-corrected chi connectivity index (χ3v) is 3.80. The highest BCUT2D eigenvalue weighted by atomic mass is 16.2. The van der Waals surface area contributed by atoms with Crippen molar-refractivity contribution >= 4 is 6.03 Å². The number of amides is 2. The second-order valence-corrected chi connectivity index (χ2v) is 4.64. The van der Waals surface area contributed by atoms with Crippen molar-refractivity contribution in [1.82, 2.24) is 5.32 Å². The van der Waals surface area contributed by atoms with Crippen molar-refractivity contribution in [3.8, 4) is 0 Å². The largest absolute Gasteiger partial charge is 0.352 e. The first-order valence-electron chi connectivity index (χ1n) is 5.22. The number of nitrogens with one attached hydrogen (secondary N) is 1. The summed E-state index contributed by atoms with van der Waals surface area (Å²) in [5.74, 6) is 2.48. The number of rotatable bonds is 2. The van der Waals surface area contributed by atoms with E-state index in [2.05, 4.69) is 12.2 Å². The van der Waals surface area contributed by atoms with Gasteiger partial charge in [-0.25, -0.2) is 4.79 Å². The van der Waals surface area contributed by atoms with Crippen LogP contribution in [0.4, 0.5) is 4.79 Å². The molecule has 2 aliphatic rings. The fourth-order valence-corrected chi connectivity index (χ4v) is 3.24. The number of hydrogen-bond acceptors (Lipinski definition) is 1. The Hall–Kier alpha value is -0.730. The molecule has 2 fully saturated rings. The highest BCUT2D eigenvalue weighted by Crippen LogP contribution is 2.49. The molecule has 0 spiro atoms. The first-order chi connectivity index (χ1) is 6.16. The average molecular weight is 182 g/mol. The van der Waals surface area contributed by atoms with E-state index in [0.717, 1.165) is 11.8 Å². The van der Waals surface area contributed by atoms with Gasteiger partial charge in [0.15, 0.2) is 0 Å². The van der Waals surface area contributed by atoms with Crippen LogP contribution in [0, 0.1) is 17.8 Å². The van der Waals surface area contributed by atoms with Gasteiger partial charge in [0, 0.05) is 6.04 Å². The molecule has 4 atom stereocenters. The van der Waals surface area contributed by atoms with Crippen LogP contribution >= 0.6 is 0 Å². The van der Waals surface area contributed by atoms with Crippen LogP contribution in [-0.4, -0.2) is 12.1 Å². The number of hydrogen-bond donors (Lipinski definition) is 2. The van der Waals surface area contributed by atoms with E-state index < -0.39 is 0 Å². The van der Waals surface area contributed by atoms with Gasteiger partial charge >= 0.3 is 6.03 Å². The Labute approximate surface area is 79.1 Å². The maximum atomic E-state index is 10.7. The molecule has 0 unspecified atom stereocenters. The van der Waals surface area contributed by atoms with Gasteiger partial charge in [-0.2, -0.15) is 0 Å². The molecule has 3 heteroatoms. The van der Waals surface area contributed by atoms with Crippen molar-refractivity contribution in [2.24, 2.45) is 23.5 Å². The Kier molecular flexibility index (Phi) is 2.18. The highest BCUT2D eigenvalue weighted by molar-refractivity contribution is 5.71. The third kappa shape index (κ3) is 1.64. The lowest BCUT2D eigenvalue weighted by atomic mass is 9.84. The summed E-state index contributed by atoms with van der Waals surface area (Å²) in [6.45, 7) is 2.08. The molecule has 2 amide bonds. The van der Waals surface area contributed by atoms with Gasteiger partial charge in [0.1, 0.15) is 0 Å². The van der Waals surface area contributed by atoms with Crippen molar-refractivity contribution in [2.45, 2.75) is 38.6 Å². The topological polar surface area (TPSA) is 55.1 Å². The maximum absolute atomic E-state index is 10.7. The van der Waals surface area contributed by atoms with Gasteiger partial charge in [-0.15, -0.1) is 0 Å². The minimum Gasteiger partial charge on any atom is -0.352 e. The molecule has 0 aliphatic heterocycles. The van der Waals surface area contributed by atoms with Crippen molar-refractivity contribution in [1.29, 1.82) is 0 Å². The lowest BCUT2D eigenvalue weighted by Gasteiger charge is -2.27. The monoisotopic (exact) mass is 182 g/mol. The van der Waals surface area contributed by atoms with E-state index in [1.54, 1.807) is 0 Å². The highest BCUT2D eigenvalue weighted by Gasteiger charge is 2.41. The smallest absolute Gasteiger partial charge is 0.312 e.